The number of nitriles is 1. The first-order valence-electron chi connectivity index (χ1n) is 7.19. The standard InChI is InChI=1S/C16H11F3N4O3/c1-25-15(24)8-4-2-7(3-5-8)10-9(6-20)13(21)26-14-11(10)12(22-23-14)16(17,18)19/h2-5,10H,21H2,1H3,(H,22,23)/t10-/m0/s1. The normalized spacial score (nSPS) is 16.5. The average molecular weight is 364 g/mol. The van der Waals surface area contributed by atoms with Crippen LogP contribution in [0, 0.1) is 11.3 Å². The van der Waals surface area contributed by atoms with Gasteiger partial charge in [0, 0.05) is 0 Å². The van der Waals surface area contributed by atoms with E-state index in [1.807, 2.05) is 5.10 Å². The monoisotopic (exact) mass is 364 g/mol. The summed E-state index contributed by atoms with van der Waals surface area (Å²) in [6, 6.07) is 7.40. The van der Waals surface area contributed by atoms with Gasteiger partial charge in [-0.3, -0.25) is 5.10 Å². The van der Waals surface area contributed by atoms with Gasteiger partial charge in [0.1, 0.15) is 17.3 Å². The number of nitrogens with zero attached hydrogens (tertiary/aromatic N) is 2. The molecule has 3 rings (SSSR count). The van der Waals surface area contributed by atoms with Crippen molar-refractivity contribution in [3.05, 3.63) is 58.1 Å². The van der Waals surface area contributed by atoms with Crippen molar-refractivity contribution >= 4 is 5.97 Å². The van der Waals surface area contributed by atoms with Crippen LogP contribution in [-0.2, 0) is 10.9 Å². The van der Waals surface area contributed by atoms with Crippen LogP contribution in [0.5, 0.6) is 5.88 Å². The van der Waals surface area contributed by atoms with Crippen LogP contribution in [0.1, 0.15) is 33.1 Å². The topological polar surface area (TPSA) is 114 Å². The van der Waals surface area contributed by atoms with Crippen LogP contribution in [0.2, 0.25) is 0 Å². The van der Waals surface area contributed by atoms with E-state index in [1.54, 1.807) is 6.07 Å². The SMILES string of the molecule is COC(=O)c1ccc([C@H]2C(C#N)=C(N)Oc3n[nH]c(C(F)(F)F)c32)cc1. The van der Waals surface area contributed by atoms with Crippen LogP contribution < -0.4 is 10.5 Å². The van der Waals surface area contributed by atoms with E-state index in [2.05, 4.69) is 9.84 Å². The quantitative estimate of drug-likeness (QED) is 0.791. The number of alkyl halides is 3. The summed E-state index contributed by atoms with van der Waals surface area (Å²) in [5, 5.41) is 14.8. The molecule has 0 saturated carbocycles. The summed E-state index contributed by atoms with van der Waals surface area (Å²) in [6.07, 6.45) is -4.74. The highest BCUT2D eigenvalue weighted by molar-refractivity contribution is 5.89. The fourth-order valence-electron chi connectivity index (χ4n) is 2.72. The van der Waals surface area contributed by atoms with E-state index in [0.29, 0.717) is 5.56 Å². The molecule has 0 radical (unpaired) electrons. The number of hydrogen-bond donors (Lipinski definition) is 2. The van der Waals surface area contributed by atoms with Gasteiger partial charge >= 0.3 is 12.1 Å². The van der Waals surface area contributed by atoms with Gasteiger partial charge in [0.2, 0.25) is 11.8 Å². The minimum absolute atomic E-state index is 0.185. The van der Waals surface area contributed by atoms with Crippen LogP contribution in [0.3, 0.4) is 0 Å². The summed E-state index contributed by atoms with van der Waals surface area (Å²) < 4.78 is 49.6. The summed E-state index contributed by atoms with van der Waals surface area (Å²) in [6.45, 7) is 0. The lowest BCUT2D eigenvalue weighted by molar-refractivity contribution is -0.141. The van der Waals surface area contributed by atoms with Crippen molar-refractivity contribution in [2.45, 2.75) is 12.1 Å². The number of aromatic nitrogens is 2. The molecule has 1 atom stereocenters. The number of halogens is 3. The van der Waals surface area contributed by atoms with Crippen molar-refractivity contribution in [1.29, 1.82) is 5.26 Å². The lowest BCUT2D eigenvalue weighted by Gasteiger charge is -2.24. The van der Waals surface area contributed by atoms with Crippen molar-refractivity contribution in [3.63, 3.8) is 0 Å². The predicted molar refractivity (Wildman–Crippen MR) is 80.7 cm³/mol. The maximum Gasteiger partial charge on any atom is 0.433 e. The van der Waals surface area contributed by atoms with Gasteiger partial charge in [-0.15, -0.1) is 5.10 Å². The van der Waals surface area contributed by atoms with Crippen molar-refractivity contribution in [2.75, 3.05) is 7.11 Å². The molecule has 0 bridgehead atoms. The molecule has 1 aliphatic rings. The van der Waals surface area contributed by atoms with E-state index in [0.717, 1.165) is 0 Å². The van der Waals surface area contributed by atoms with Gasteiger partial charge in [-0.25, -0.2) is 4.79 Å². The number of allylic oxidation sites excluding steroid dienone is 1. The number of ether oxygens (including phenoxy) is 2. The molecule has 1 aromatic heterocycles. The van der Waals surface area contributed by atoms with Crippen LogP contribution in [-0.4, -0.2) is 23.3 Å². The largest absolute Gasteiger partial charge is 0.465 e. The number of benzene rings is 1. The van der Waals surface area contributed by atoms with Gasteiger partial charge in [-0.05, 0) is 17.7 Å². The molecule has 0 saturated heterocycles. The number of nitrogens with two attached hydrogens (primary N) is 1. The first-order chi connectivity index (χ1) is 12.3. The first-order valence-corrected chi connectivity index (χ1v) is 7.19. The summed E-state index contributed by atoms with van der Waals surface area (Å²) in [5.41, 5.74) is 4.55. The smallest absolute Gasteiger partial charge is 0.433 e. The number of methoxy groups -OCH3 is 1. The average Bonchev–Trinajstić information content (AvgIpc) is 3.03. The Labute approximate surface area is 144 Å². The van der Waals surface area contributed by atoms with Crippen LogP contribution in [0.25, 0.3) is 0 Å². The highest BCUT2D eigenvalue weighted by atomic mass is 19.4. The van der Waals surface area contributed by atoms with Gasteiger partial charge in [0.15, 0.2) is 0 Å². The Kier molecular flexibility index (Phi) is 4.07. The number of aromatic amines is 1. The Hall–Kier alpha value is -3.48. The maximum absolute atomic E-state index is 13.3. The molecule has 0 fully saturated rings. The molecule has 10 heteroatoms. The first kappa shape index (κ1) is 17.3. The number of nitrogens with one attached hydrogen (secondary N) is 1. The van der Waals surface area contributed by atoms with Crippen molar-refractivity contribution in [2.24, 2.45) is 5.73 Å². The summed E-state index contributed by atoms with van der Waals surface area (Å²) in [5.74, 6) is -2.43. The number of H-pyrrole nitrogens is 1. The lowest BCUT2D eigenvalue weighted by atomic mass is 9.83. The van der Waals surface area contributed by atoms with E-state index in [1.165, 1.54) is 31.4 Å². The molecule has 0 aliphatic carbocycles. The van der Waals surface area contributed by atoms with Crippen molar-refractivity contribution in [3.8, 4) is 11.9 Å². The molecule has 134 valence electrons. The van der Waals surface area contributed by atoms with Crippen molar-refractivity contribution in [1.82, 2.24) is 10.2 Å². The molecule has 2 aromatic rings. The Morgan fingerprint density at radius 1 is 1.38 bits per heavy atom. The Morgan fingerprint density at radius 3 is 2.58 bits per heavy atom. The third-order valence-corrected chi connectivity index (χ3v) is 3.89. The summed E-state index contributed by atoms with van der Waals surface area (Å²) in [4.78, 5) is 11.5. The zero-order valence-electron chi connectivity index (χ0n) is 13.2. The number of carbonyl (C=O) groups excluding carboxylic acids is 1. The van der Waals surface area contributed by atoms with Gasteiger partial charge in [0.05, 0.1) is 24.2 Å². The Bertz CT molecular complexity index is 939. The molecule has 1 aliphatic heterocycles. The molecular formula is C16H11F3N4O3. The fourth-order valence-corrected chi connectivity index (χ4v) is 2.72. The predicted octanol–water partition coefficient (Wildman–Crippen LogP) is 2.43. The van der Waals surface area contributed by atoms with Gasteiger partial charge in [0.25, 0.3) is 0 Å². The minimum atomic E-state index is -4.74. The van der Waals surface area contributed by atoms with E-state index >= 15 is 0 Å². The van der Waals surface area contributed by atoms with Gasteiger partial charge < -0.3 is 15.2 Å². The zero-order chi connectivity index (χ0) is 19.1. The molecule has 0 spiro atoms. The molecule has 0 amide bonds. The maximum atomic E-state index is 13.3. The molecule has 1 aromatic carbocycles. The van der Waals surface area contributed by atoms with Gasteiger partial charge in [-0.2, -0.15) is 18.4 Å². The minimum Gasteiger partial charge on any atom is -0.465 e. The van der Waals surface area contributed by atoms with Crippen molar-refractivity contribution < 1.29 is 27.4 Å². The number of fused-ring (bicyclic) bond motifs is 1. The second-order valence-electron chi connectivity index (χ2n) is 5.35. The molecule has 7 nitrogen and oxygen atoms in total. The zero-order valence-corrected chi connectivity index (χ0v) is 13.2. The summed E-state index contributed by atoms with van der Waals surface area (Å²) in [7, 11) is 1.21. The van der Waals surface area contributed by atoms with Crippen LogP contribution in [0.15, 0.2) is 35.7 Å². The number of esters is 1. The van der Waals surface area contributed by atoms with Crippen LogP contribution >= 0.6 is 0 Å². The molecular weight excluding hydrogens is 353 g/mol. The molecule has 0 unspecified atom stereocenters. The molecule has 3 N–H and O–H groups in total. The molecule has 26 heavy (non-hydrogen) atoms. The van der Waals surface area contributed by atoms with Gasteiger partial charge in [-0.1, -0.05) is 12.1 Å². The van der Waals surface area contributed by atoms with E-state index < -0.39 is 23.8 Å². The summed E-state index contributed by atoms with van der Waals surface area (Å²) >= 11 is 0. The lowest BCUT2D eigenvalue weighted by Crippen LogP contribution is -2.23. The van der Waals surface area contributed by atoms with E-state index in [9.17, 15) is 23.2 Å². The third-order valence-electron chi connectivity index (χ3n) is 3.89. The Morgan fingerprint density at radius 2 is 2.04 bits per heavy atom. The number of rotatable bonds is 2. The molecule has 2 heterocycles. The highest BCUT2D eigenvalue weighted by Gasteiger charge is 2.44. The Balaban J connectivity index is 2.18. The number of carbonyl (C=O) groups is 1. The second-order valence-corrected chi connectivity index (χ2v) is 5.35. The fraction of sp³-hybridized carbons (Fsp3) is 0.188. The number of hydrogen-bond acceptors (Lipinski definition) is 6. The second kappa shape index (κ2) is 6.11. The van der Waals surface area contributed by atoms with E-state index in [4.69, 9.17) is 10.5 Å². The van der Waals surface area contributed by atoms with Crippen LogP contribution in [0.4, 0.5) is 13.2 Å². The van der Waals surface area contributed by atoms with E-state index in [-0.39, 0.29) is 28.5 Å². The highest BCUT2D eigenvalue weighted by Crippen LogP contribution is 2.46. The third kappa shape index (κ3) is 2.73.